The molecule has 0 atom stereocenters. The summed E-state index contributed by atoms with van der Waals surface area (Å²) in [6.45, 7) is -0.449. The SMILES string of the molecule is O=C(COC(=O)c1cc(-c2ccc(Br)cc2)nc2ccccc12)Nc1ccc(Br)cc1Cl. The molecule has 0 aliphatic carbocycles. The number of benzene rings is 3. The first-order chi connectivity index (χ1) is 15.4. The standard InChI is InChI=1S/C24H15Br2ClN2O3/c25-15-7-5-14(6-8-15)22-12-18(17-3-1-2-4-20(17)28-22)24(31)32-13-23(30)29-21-10-9-16(26)11-19(21)27/h1-12H,13H2,(H,29,30). The van der Waals surface area contributed by atoms with E-state index in [1.165, 1.54) is 0 Å². The topological polar surface area (TPSA) is 68.3 Å². The highest BCUT2D eigenvalue weighted by molar-refractivity contribution is 9.10. The number of para-hydroxylation sites is 1. The molecule has 0 saturated carbocycles. The number of carbonyl (C=O) groups is 2. The predicted molar refractivity (Wildman–Crippen MR) is 133 cm³/mol. The van der Waals surface area contributed by atoms with Crippen LogP contribution in [-0.2, 0) is 9.53 Å². The number of pyridine rings is 1. The van der Waals surface area contributed by atoms with Crippen molar-refractivity contribution in [1.82, 2.24) is 4.98 Å². The second kappa shape index (κ2) is 9.81. The number of aromatic nitrogens is 1. The summed E-state index contributed by atoms with van der Waals surface area (Å²) in [6.07, 6.45) is 0. The number of carbonyl (C=O) groups excluding carboxylic acids is 2. The third kappa shape index (κ3) is 5.18. The summed E-state index contributed by atoms with van der Waals surface area (Å²) in [4.78, 5) is 29.9. The zero-order valence-corrected chi connectivity index (χ0v) is 20.4. The van der Waals surface area contributed by atoms with Crippen molar-refractivity contribution in [3.63, 3.8) is 0 Å². The molecule has 1 heterocycles. The van der Waals surface area contributed by atoms with E-state index in [2.05, 4.69) is 42.2 Å². The first kappa shape index (κ1) is 22.5. The van der Waals surface area contributed by atoms with Crippen molar-refractivity contribution in [2.75, 3.05) is 11.9 Å². The summed E-state index contributed by atoms with van der Waals surface area (Å²) < 4.78 is 7.04. The van der Waals surface area contributed by atoms with Crippen LogP contribution < -0.4 is 5.32 Å². The molecule has 0 aliphatic heterocycles. The maximum absolute atomic E-state index is 12.9. The van der Waals surface area contributed by atoms with Gasteiger partial charge in [0.25, 0.3) is 5.91 Å². The van der Waals surface area contributed by atoms with E-state index in [9.17, 15) is 9.59 Å². The maximum Gasteiger partial charge on any atom is 0.339 e. The minimum atomic E-state index is -0.612. The van der Waals surface area contributed by atoms with Crippen LogP contribution >= 0.6 is 43.5 Å². The molecule has 0 spiro atoms. The van der Waals surface area contributed by atoms with Gasteiger partial charge in [-0.2, -0.15) is 0 Å². The number of esters is 1. The van der Waals surface area contributed by atoms with Crippen LogP contribution in [0.2, 0.25) is 5.02 Å². The van der Waals surface area contributed by atoms with Gasteiger partial charge in [-0.25, -0.2) is 9.78 Å². The van der Waals surface area contributed by atoms with E-state index in [0.29, 0.717) is 32.9 Å². The number of fused-ring (bicyclic) bond motifs is 1. The highest BCUT2D eigenvalue weighted by atomic mass is 79.9. The van der Waals surface area contributed by atoms with E-state index in [1.807, 2.05) is 42.5 Å². The molecular weight excluding hydrogens is 560 g/mol. The van der Waals surface area contributed by atoms with Gasteiger partial charge in [0.15, 0.2) is 6.61 Å². The third-order valence-corrected chi connectivity index (χ3v) is 5.95. The molecule has 0 aliphatic rings. The van der Waals surface area contributed by atoms with Crippen molar-refractivity contribution < 1.29 is 14.3 Å². The Kier molecular flexibility index (Phi) is 6.89. The lowest BCUT2D eigenvalue weighted by Crippen LogP contribution is -2.21. The van der Waals surface area contributed by atoms with Gasteiger partial charge in [0.1, 0.15) is 0 Å². The molecule has 32 heavy (non-hydrogen) atoms. The van der Waals surface area contributed by atoms with Crippen molar-refractivity contribution in [2.45, 2.75) is 0 Å². The smallest absolute Gasteiger partial charge is 0.339 e. The van der Waals surface area contributed by atoms with E-state index in [0.717, 1.165) is 14.5 Å². The first-order valence-electron chi connectivity index (χ1n) is 9.48. The zero-order valence-electron chi connectivity index (χ0n) is 16.4. The summed E-state index contributed by atoms with van der Waals surface area (Å²) in [5, 5.41) is 3.66. The Bertz CT molecular complexity index is 1330. The van der Waals surface area contributed by atoms with E-state index in [-0.39, 0.29) is 0 Å². The highest BCUT2D eigenvalue weighted by Gasteiger charge is 2.17. The fraction of sp³-hybridized carbons (Fsp3) is 0.0417. The monoisotopic (exact) mass is 572 g/mol. The number of hydrogen-bond donors (Lipinski definition) is 1. The first-order valence-corrected chi connectivity index (χ1v) is 11.4. The molecular formula is C24H15Br2ClN2O3. The average molecular weight is 575 g/mol. The molecule has 0 bridgehead atoms. The van der Waals surface area contributed by atoms with Crippen LogP contribution in [0.1, 0.15) is 10.4 Å². The predicted octanol–water partition coefficient (Wildman–Crippen LogP) is 6.88. The Morgan fingerprint density at radius 1 is 0.938 bits per heavy atom. The molecule has 0 fully saturated rings. The van der Waals surface area contributed by atoms with Crippen LogP contribution in [0.4, 0.5) is 5.69 Å². The van der Waals surface area contributed by atoms with Gasteiger partial charge in [0, 0.05) is 19.9 Å². The minimum Gasteiger partial charge on any atom is -0.452 e. The average Bonchev–Trinajstić information content (AvgIpc) is 2.79. The van der Waals surface area contributed by atoms with Crippen LogP contribution in [0.5, 0.6) is 0 Å². The van der Waals surface area contributed by atoms with E-state index < -0.39 is 18.5 Å². The normalized spacial score (nSPS) is 10.7. The van der Waals surface area contributed by atoms with Gasteiger partial charge in [-0.05, 0) is 42.5 Å². The molecule has 4 aromatic rings. The molecule has 1 aromatic heterocycles. The number of ether oxygens (including phenoxy) is 1. The highest BCUT2D eigenvalue weighted by Crippen LogP contribution is 2.27. The van der Waals surface area contributed by atoms with Gasteiger partial charge in [-0.15, -0.1) is 0 Å². The van der Waals surface area contributed by atoms with Gasteiger partial charge in [-0.1, -0.05) is 73.8 Å². The summed E-state index contributed by atoms with van der Waals surface area (Å²) in [6, 6.07) is 21.7. The lowest BCUT2D eigenvalue weighted by Gasteiger charge is -2.11. The van der Waals surface area contributed by atoms with Crippen LogP contribution in [0, 0.1) is 0 Å². The molecule has 3 aromatic carbocycles. The number of rotatable bonds is 5. The van der Waals surface area contributed by atoms with Crippen molar-refractivity contribution >= 4 is 71.9 Å². The summed E-state index contributed by atoms with van der Waals surface area (Å²) in [5.74, 6) is -1.10. The van der Waals surface area contributed by atoms with Crippen molar-refractivity contribution in [1.29, 1.82) is 0 Å². The second-order valence-corrected chi connectivity index (χ2v) is 9.07. The Morgan fingerprint density at radius 2 is 1.66 bits per heavy atom. The summed E-state index contributed by atoms with van der Waals surface area (Å²) >= 11 is 12.8. The van der Waals surface area contributed by atoms with Crippen LogP contribution in [0.3, 0.4) is 0 Å². The zero-order chi connectivity index (χ0) is 22.7. The molecule has 1 N–H and O–H groups in total. The van der Waals surface area contributed by atoms with E-state index in [4.69, 9.17) is 16.3 Å². The van der Waals surface area contributed by atoms with Gasteiger partial charge >= 0.3 is 5.97 Å². The molecule has 8 heteroatoms. The number of amides is 1. The number of nitrogens with zero attached hydrogens (tertiary/aromatic N) is 1. The number of anilines is 1. The number of nitrogens with one attached hydrogen (secondary N) is 1. The molecule has 5 nitrogen and oxygen atoms in total. The molecule has 0 radical (unpaired) electrons. The maximum atomic E-state index is 12.9. The summed E-state index contributed by atoms with van der Waals surface area (Å²) in [7, 11) is 0. The second-order valence-electron chi connectivity index (χ2n) is 6.83. The van der Waals surface area contributed by atoms with Crippen LogP contribution in [-0.4, -0.2) is 23.5 Å². The van der Waals surface area contributed by atoms with Gasteiger partial charge in [-0.3, -0.25) is 4.79 Å². The van der Waals surface area contributed by atoms with Gasteiger partial charge in [0.2, 0.25) is 0 Å². The van der Waals surface area contributed by atoms with Crippen molar-refractivity contribution in [3.05, 3.63) is 92.3 Å². The van der Waals surface area contributed by atoms with Gasteiger partial charge < -0.3 is 10.1 Å². The largest absolute Gasteiger partial charge is 0.452 e. The molecule has 160 valence electrons. The lowest BCUT2D eigenvalue weighted by atomic mass is 10.0. The van der Waals surface area contributed by atoms with E-state index >= 15 is 0 Å². The summed E-state index contributed by atoms with van der Waals surface area (Å²) in [5.41, 5.74) is 2.92. The minimum absolute atomic E-state index is 0.336. The molecule has 0 unspecified atom stereocenters. The van der Waals surface area contributed by atoms with E-state index in [1.54, 1.807) is 30.3 Å². The quantitative estimate of drug-likeness (QED) is 0.264. The Morgan fingerprint density at radius 3 is 2.41 bits per heavy atom. The van der Waals surface area contributed by atoms with Crippen molar-refractivity contribution in [3.8, 4) is 11.3 Å². The Labute approximate surface area is 206 Å². The van der Waals surface area contributed by atoms with Crippen LogP contribution in [0.25, 0.3) is 22.2 Å². The Balaban J connectivity index is 1.56. The lowest BCUT2D eigenvalue weighted by molar-refractivity contribution is -0.119. The fourth-order valence-electron chi connectivity index (χ4n) is 3.10. The molecule has 1 amide bonds. The number of hydrogen-bond acceptors (Lipinski definition) is 4. The molecule has 4 rings (SSSR count). The molecule has 0 saturated heterocycles. The third-order valence-electron chi connectivity index (χ3n) is 4.62. The van der Waals surface area contributed by atoms with Gasteiger partial charge in [0.05, 0.1) is 27.5 Å². The fourth-order valence-corrected chi connectivity index (χ4v) is 4.08. The van der Waals surface area contributed by atoms with Crippen LogP contribution in [0.15, 0.2) is 81.7 Å². The Hall–Kier alpha value is -2.74. The van der Waals surface area contributed by atoms with Crippen molar-refractivity contribution in [2.24, 2.45) is 0 Å². The number of halogens is 3.